The summed E-state index contributed by atoms with van der Waals surface area (Å²) in [6.45, 7) is 1.77. The van der Waals surface area contributed by atoms with Crippen LogP contribution in [0.1, 0.15) is 23.7 Å². The fraction of sp³-hybridized carbons (Fsp3) is 0.364. The second-order valence-corrected chi connectivity index (χ2v) is 5.71. The van der Waals surface area contributed by atoms with E-state index < -0.39 is 15.9 Å². The van der Waals surface area contributed by atoms with Crippen molar-refractivity contribution in [2.45, 2.75) is 13.3 Å². The lowest BCUT2D eigenvalue weighted by atomic mass is 10.2. The van der Waals surface area contributed by atoms with Gasteiger partial charge in [0.2, 0.25) is 10.0 Å². The van der Waals surface area contributed by atoms with Gasteiger partial charge in [-0.3, -0.25) is 10.2 Å². The Morgan fingerprint density at radius 2 is 1.88 bits per heavy atom. The number of amides is 1. The smallest absolute Gasteiger partial charge is 0.266 e. The molecule has 0 radical (unpaired) electrons. The fourth-order valence-electron chi connectivity index (χ4n) is 1.26. The molecule has 0 unspecified atom stereocenters. The van der Waals surface area contributed by atoms with Gasteiger partial charge in [-0.05, 0) is 18.6 Å². The van der Waals surface area contributed by atoms with Crippen LogP contribution in [0.3, 0.4) is 0 Å². The lowest BCUT2D eigenvalue weighted by molar-refractivity contribution is 0.0893. The summed E-state index contributed by atoms with van der Waals surface area (Å²) in [5.41, 5.74) is 2.75. The molecule has 0 saturated carbocycles. The standard InChI is InChI=1S/C11H16N2O3S/c1-3-9-17(15,16)13(2)12-11(14)10-7-5-4-6-8-10/h4-8H,3,9H2,1-2H3,(H,12,14). The maximum atomic E-state index is 11.7. The van der Waals surface area contributed by atoms with Crippen LogP contribution in [0.5, 0.6) is 0 Å². The van der Waals surface area contributed by atoms with Gasteiger partial charge in [0.05, 0.1) is 5.75 Å². The van der Waals surface area contributed by atoms with Crippen LogP contribution in [0.25, 0.3) is 0 Å². The Bertz CT molecular complexity index is 471. The maximum absolute atomic E-state index is 11.7. The van der Waals surface area contributed by atoms with Crippen molar-refractivity contribution in [1.29, 1.82) is 0 Å². The third-order valence-electron chi connectivity index (χ3n) is 2.17. The van der Waals surface area contributed by atoms with E-state index in [-0.39, 0.29) is 5.75 Å². The van der Waals surface area contributed by atoms with Crippen molar-refractivity contribution in [3.63, 3.8) is 0 Å². The predicted molar refractivity (Wildman–Crippen MR) is 65.7 cm³/mol. The van der Waals surface area contributed by atoms with E-state index in [1.165, 1.54) is 7.05 Å². The minimum absolute atomic E-state index is 0.0125. The van der Waals surface area contributed by atoms with Gasteiger partial charge in [0, 0.05) is 12.6 Å². The molecule has 0 bridgehead atoms. The molecule has 0 aliphatic rings. The molecule has 0 heterocycles. The average molecular weight is 256 g/mol. The highest BCUT2D eigenvalue weighted by atomic mass is 32.2. The number of sulfonamides is 1. The Kier molecular flexibility index (Phi) is 4.65. The molecule has 1 rings (SSSR count). The number of carbonyl (C=O) groups is 1. The van der Waals surface area contributed by atoms with Gasteiger partial charge in [-0.2, -0.15) is 0 Å². The zero-order valence-electron chi connectivity index (χ0n) is 9.88. The van der Waals surface area contributed by atoms with Crippen LogP contribution in [0, 0.1) is 0 Å². The fourth-order valence-corrected chi connectivity index (χ4v) is 2.27. The van der Waals surface area contributed by atoms with E-state index in [1.807, 2.05) is 0 Å². The Labute approximate surface area is 101 Å². The van der Waals surface area contributed by atoms with E-state index in [1.54, 1.807) is 37.3 Å². The lowest BCUT2D eigenvalue weighted by Crippen LogP contribution is -2.44. The van der Waals surface area contributed by atoms with E-state index >= 15 is 0 Å². The first-order chi connectivity index (χ1) is 7.97. The van der Waals surface area contributed by atoms with Gasteiger partial charge in [0.15, 0.2) is 0 Å². The molecule has 5 nitrogen and oxygen atoms in total. The number of hydrazine groups is 1. The maximum Gasteiger partial charge on any atom is 0.266 e. The molecule has 0 atom stereocenters. The number of rotatable bonds is 5. The van der Waals surface area contributed by atoms with Gasteiger partial charge >= 0.3 is 0 Å². The Morgan fingerprint density at radius 3 is 2.41 bits per heavy atom. The number of hydrogen-bond acceptors (Lipinski definition) is 3. The number of carbonyl (C=O) groups excluding carboxylic acids is 1. The van der Waals surface area contributed by atoms with Crippen molar-refractivity contribution in [2.24, 2.45) is 0 Å². The molecular formula is C11H16N2O3S. The molecule has 0 fully saturated rings. The highest BCUT2D eigenvalue weighted by Gasteiger charge is 2.18. The minimum Gasteiger partial charge on any atom is -0.271 e. The van der Waals surface area contributed by atoms with Crippen LogP contribution in [-0.2, 0) is 10.0 Å². The van der Waals surface area contributed by atoms with Crippen molar-refractivity contribution in [2.75, 3.05) is 12.8 Å². The first-order valence-electron chi connectivity index (χ1n) is 5.30. The van der Waals surface area contributed by atoms with E-state index in [0.29, 0.717) is 12.0 Å². The molecule has 0 aromatic heterocycles. The molecule has 1 aromatic rings. The zero-order valence-corrected chi connectivity index (χ0v) is 10.7. The third kappa shape index (κ3) is 3.83. The van der Waals surface area contributed by atoms with E-state index in [4.69, 9.17) is 0 Å². The summed E-state index contributed by atoms with van der Waals surface area (Å²) in [7, 11) is -2.09. The Morgan fingerprint density at radius 1 is 1.29 bits per heavy atom. The summed E-state index contributed by atoms with van der Waals surface area (Å²) in [5.74, 6) is -0.425. The predicted octanol–water partition coefficient (Wildman–Crippen LogP) is 1.00. The molecular weight excluding hydrogens is 240 g/mol. The second-order valence-electron chi connectivity index (χ2n) is 3.59. The van der Waals surface area contributed by atoms with Crippen LogP contribution in [0.2, 0.25) is 0 Å². The molecule has 1 aromatic carbocycles. The summed E-state index contributed by atoms with van der Waals surface area (Å²) in [5, 5.41) is 0. The Balaban J connectivity index is 2.70. The largest absolute Gasteiger partial charge is 0.271 e. The first kappa shape index (κ1) is 13.7. The summed E-state index contributed by atoms with van der Waals surface area (Å²) in [4.78, 5) is 11.7. The van der Waals surface area contributed by atoms with Crippen LogP contribution in [-0.4, -0.2) is 31.5 Å². The molecule has 1 N–H and O–H groups in total. The van der Waals surface area contributed by atoms with Crippen LogP contribution >= 0.6 is 0 Å². The summed E-state index contributed by atoms with van der Waals surface area (Å²) < 4.78 is 24.1. The van der Waals surface area contributed by atoms with Gasteiger partial charge in [-0.25, -0.2) is 8.42 Å². The summed E-state index contributed by atoms with van der Waals surface area (Å²) in [6, 6.07) is 8.46. The first-order valence-corrected chi connectivity index (χ1v) is 6.91. The van der Waals surface area contributed by atoms with Crippen molar-refractivity contribution < 1.29 is 13.2 Å². The van der Waals surface area contributed by atoms with Crippen LogP contribution < -0.4 is 5.43 Å². The van der Waals surface area contributed by atoms with Gasteiger partial charge < -0.3 is 0 Å². The van der Waals surface area contributed by atoms with Gasteiger partial charge in [0.25, 0.3) is 5.91 Å². The average Bonchev–Trinajstić information content (AvgIpc) is 2.30. The van der Waals surface area contributed by atoms with Crippen molar-refractivity contribution >= 4 is 15.9 Å². The highest BCUT2D eigenvalue weighted by Crippen LogP contribution is 2.01. The van der Waals surface area contributed by atoms with Gasteiger partial charge in [-0.1, -0.05) is 25.1 Å². The zero-order chi connectivity index (χ0) is 12.9. The highest BCUT2D eigenvalue weighted by molar-refractivity contribution is 7.89. The van der Waals surface area contributed by atoms with E-state index in [0.717, 1.165) is 4.41 Å². The Hall–Kier alpha value is -1.40. The summed E-state index contributed by atoms with van der Waals surface area (Å²) >= 11 is 0. The molecule has 1 amide bonds. The molecule has 0 saturated heterocycles. The normalized spacial score (nSPS) is 11.5. The SMILES string of the molecule is CCCS(=O)(=O)N(C)NC(=O)c1ccccc1. The van der Waals surface area contributed by atoms with E-state index in [2.05, 4.69) is 5.43 Å². The quantitative estimate of drug-likeness (QED) is 0.799. The number of benzene rings is 1. The van der Waals surface area contributed by atoms with Crippen molar-refractivity contribution in [1.82, 2.24) is 9.84 Å². The molecule has 6 heteroatoms. The summed E-state index contributed by atoms with van der Waals surface area (Å²) in [6.07, 6.45) is 0.508. The van der Waals surface area contributed by atoms with Crippen molar-refractivity contribution in [3.05, 3.63) is 35.9 Å². The van der Waals surface area contributed by atoms with Crippen LogP contribution in [0.15, 0.2) is 30.3 Å². The number of nitrogens with one attached hydrogen (secondary N) is 1. The number of nitrogens with zero attached hydrogens (tertiary/aromatic N) is 1. The van der Waals surface area contributed by atoms with E-state index in [9.17, 15) is 13.2 Å². The van der Waals surface area contributed by atoms with Gasteiger partial charge in [0.1, 0.15) is 0 Å². The minimum atomic E-state index is -3.41. The van der Waals surface area contributed by atoms with Crippen LogP contribution in [0.4, 0.5) is 0 Å². The molecule has 17 heavy (non-hydrogen) atoms. The number of hydrogen-bond donors (Lipinski definition) is 1. The molecule has 94 valence electrons. The van der Waals surface area contributed by atoms with Crippen molar-refractivity contribution in [3.8, 4) is 0 Å². The topological polar surface area (TPSA) is 66.5 Å². The monoisotopic (exact) mass is 256 g/mol. The molecule has 0 spiro atoms. The lowest BCUT2D eigenvalue weighted by Gasteiger charge is -2.17. The van der Waals surface area contributed by atoms with Gasteiger partial charge in [-0.15, -0.1) is 4.41 Å². The molecule has 0 aliphatic carbocycles. The second kappa shape index (κ2) is 5.79. The molecule has 0 aliphatic heterocycles. The third-order valence-corrected chi connectivity index (χ3v) is 4.02.